The summed E-state index contributed by atoms with van der Waals surface area (Å²) < 4.78 is 2.54. The lowest BCUT2D eigenvalue weighted by molar-refractivity contribution is 0.211. The number of fused-ring (bicyclic) bond motifs is 3. The molecule has 94 valence electrons. The predicted octanol–water partition coefficient (Wildman–Crippen LogP) is 3.37. The van der Waals surface area contributed by atoms with Crippen LogP contribution < -0.4 is 0 Å². The van der Waals surface area contributed by atoms with Crippen molar-refractivity contribution in [3.05, 3.63) is 17.2 Å². The van der Waals surface area contributed by atoms with E-state index >= 15 is 0 Å². The van der Waals surface area contributed by atoms with Gasteiger partial charge in [-0.2, -0.15) is 0 Å². The molecule has 17 heavy (non-hydrogen) atoms. The molecule has 2 aliphatic rings. The second-order valence-corrected chi connectivity index (χ2v) is 6.84. The SMILES string of the molecule is CC(C)(C)C1CCc2nc3n(c2C1)CCCC3. The van der Waals surface area contributed by atoms with Gasteiger partial charge in [0.05, 0.1) is 5.69 Å². The third-order valence-corrected chi connectivity index (χ3v) is 4.66. The monoisotopic (exact) mass is 232 g/mol. The van der Waals surface area contributed by atoms with E-state index < -0.39 is 0 Å². The lowest BCUT2D eigenvalue weighted by Gasteiger charge is -2.34. The minimum atomic E-state index is 0.442. The zero-order valence-corrected chi connectivity index (χ0v) is 11.4. The molecule has 0 bridgehead atoms. The molecule has 1 unspecified atom stereocenters. The van der Waals surface area contributed by atoms with Crippen molar-refractivity contribution in [3.8, 4) is 0 Å². The van der Waals surface area contributed by atoms with Crippen molar-refractivity contribution < 1.29 is 0 Å². The molecule has 0 N–H and O–H groups in total. The van der Waals surface area contributed by atoms with Crippen molar-refractivity contribution >= 4 is 0 Å². The summed E-state index contributed by atoms with van der Waals surface area (Å²) in [7, 11) is 0. The summed E-state index contributed by atoms with van der Waals surface area (Å²) in [5, 5.41) is 0. The van der Waals surface area contributed by atoms with Gasteiger partial charge in [0.15, 0.2) is 0 Å². The Labute approximate surface area is 104 Å². The van der Waals surface area contributed by atoms with E-state index in [0.717, 1.165) is 5.92 Å². The van der Waals surface area contributed by atoms with Crippen LogP contribution >= 0.6 is 0 Å². The Bertz CT molecular complexity index is 423. The van der Waals surface area contributed by atoms with Crippen LogP contribution in [0.25, 0.3) is 0 Å². The van der Waals surface area contributed by atoms with Crippen molar-refractivity contribution in [1.82, 2.24) is 9.55 Å². The van der Waals surface area contributed by atoms with Crippen molar-refractivity contribution in [3.63, 3.8) is 0 Å². The molecule has 1 atom stereocenters. The average molecular weight is 232 g/mol. The van der Waals surface area contributed by atoms with Gasteiger partial charge in [-0.05, 0) is 43.4 Å². The highest BCUT2D eigenvalue weighted by molar-refractivity contribution is 5.22. The molecule has 1 aliphatic carbocycles. The Morgan fingerprint density at radius 1 is 1.18 bits per heavy atom. The van der Waals surface area contributed by atoms with E-state index in [1.165, 1.54) is 56.6 Å². The van der Waals surface area contributed by atoms with Crippen LogP contribution in [0.4, 0.5) is 0 Å². The van der Waals surface area contributed by atoms with E-state index in [9.17, 15) is 0 Å². The van der Waals surface area contributed by atoms with Gasteiger partial charge >= 0.3 is 0 Å². The van der Waals surface area contributed by atoms with Crippen molar-refractivity contribution in [2.24, 2.45) is 11.3 Å². The number of nitrogens with zero attached hydrogens (tertiary/aromatic N) is 2. The Morgan fingerprint density at radius 2 is 2.00 bits per heavy atom. The van der Waals surface area contributed by atoms with Crippen molar-refractivity contribution in [2.75, 3.05) is 0 Å². The number of hydrogen-bond acceptors (Lipinski definition) is 1. The number of aryl methyl sites for hydroxylation is 2. The number of hydrogen-bond donors (Lipinski definition) is 0. The molecule has 0 spiro atoms. The molecule has 1 aromatic rings. The fraction of sp³-hybridized carbons (Fsp3) is 0.800. The summed E-state index contributed by atoms with van der Waals surface area (Å²) in [6.45, 7) is 8.37. The average Bonchev–Trinajstić information content (AvgIpc) is 2.65. The third kappa shape index (κ3) is 1.92. The molecule has 0 fully saturated rings. The fourth-order valence-corrected chi connectivity index (χ4v) is 3.41. The van der Waals surface area contributed by atoms with Gasteiger partial charge in [0, 0.05) is 18.7 Å². The van der Waals surface area contributed by atoms with Gasteiger partial charge in [-0.3, -0.25) is 0 Å². The van der Waals surface area contributed by atoms with Crippen LogP contribution in [-0.4, -0.2) is 9.55 Å². The third-order valence-electron chi connectivity index (χ3n) is 4.66. The van der Waals surface area contributed by atoms with Crippen LogP contribution in [-0.2, 0) is 25.8 Å². The van der Waals surface area contributed by atoms with E-state index in [4.69, 9.17) is 4.98 Å². The Kier molecular flexibility index (Phi) is 2.57. The molecule has 0 saturated heterocycles. The van der Waals surface area contributed by atoms with Gasteiger partial charge in [0.25, 0.3) is 0 Å². The highest BCUT2D eigenvalue weighted by Gasteiger charge is 2.32. The van der Waals surface area contributed by atoms with Gasteiger partial charge in [-0.25, -0.2) is 4.98 Å². The minimum Gasteiger partial charge on any atom is -0.332 e. The highest BCUT2D eigenvalue weighted by atomic mass is 15.1. The predicted molar refractivity (Wildman–Crippen MR) is 70.1 cm³/mol. The number of rotatable bonds is 0. The van der Waals surface area contributed by atoms with E-state index in [2.05, 4.69) is 25.3 Å². The van der Waals surface area contributed by atoms with Gasteiger partial charge < -0.3 is 4.57 Å². The Balaban J connectivity index is 1.93. The lowest BCUT2D eigenvalue weighted by Crippen LogP contribution is -2.28. The minimum absolute atomic E-state index is 0.442. The van der Waals surface area contributed by atoms with E-state index in [1.807, 2.05) is 0 Å². The molecule has 0 aromatic carbocycles. The number of imidazole rings is 1. The summed E-state index contributed by atoms with van der Waals surface area (Å²) in [4.78, 5) is 4.87. The maximum absolute atomic E-state index is 4.87. The fourth-order valence-electron chi connectivity index (χ4n) is 3.41. The molecular weight excluding hydrogens is 208 g/mol. The molecule has 1 aromatic heterocycles. The van der Waals surface area contributed by atoms with Crippen LogP contribution in [0.5, 0.6) is 0 Å². The first kappa shape index (κ1) is 11.3. The van der Waals surface area contributed by atoms with Gasteiger partial charge in [-0.1, -0.05) is 20.8 Å². The standard InChI is InChI=1S/C15H24N2/c1-15(2,3)11-7-8-12-13(10-11)17-9-5-4-6-14(17)16-12/h11H,4-10H2,1-3H3. The molecule has 1 aliphatic heterocycles. The van der Waals surface area contributed by atoms with E-state index in [-0.39, 0.29) is 0 Å². The first-order valence-electron chi connectivity index (χ1n) is 7.13. The zero-order chi connectivity index (χ0) is 12.0. The Morgan fingerprint density at radius 3 is 2.76 bits per heavy atom. The van der Waals surface area contributed by atoms with Crippen LogP contribution in [0.1, 0.15) is 57.2 Å². The summed E-state index contributed by atoms with van der Waals surface area (Å²) in [6, 6.07) is 0. The zero-order valence-electron chi connectivity index (χ0n) is 11.4. The first-order valence-corrected chi connectivity index (χ1v) is 7.13. The van der Waals surface area contributed by atoms with E-state index in [1.54, 1.807) is 5.69 Å². The quantitative estimate of drug-likeness (QED) is 0.670. The topological polar surface area (TPSA) is 17.8 Å². The normalized spacial score (nSPS) is 24.3. The molecular formula is C15H24N2. The largest absolute Gasteiger partial charge is 0.332 e. The van der Waals surface area contributed by atoms with Crippen molar-refractivity contribution in [2.45, 2.75) is 65.8 Å². The summed E-state index contributed by atoms with van der Waals surface area (Å²) in [5.41, 5.74) is 3.44. The highest BCUT2D eigenvalue weighted by Crippen LogP contribution is 2.38. The maximum atomic E-state index is 4.87. The molecule has 0 radical (unpaired) electrons. The summed E-state index contributed by atoms with van der Waals surface area (Å²) in [6.07, 6.45) is 7.66. The molecule has 2 nitrogen and oxygen atoms in total. The molecule has 2 heterocycles. The van der Waals surface area contributed by atoms with Crippen LogP contribution in [0.15, 0.2) is 0 Å². The molecule has 3 rings (SSSR count). The smallest absolute Gasteiger partial charge is 0.109 e. The van der Waals surface area contributed by atoms with Crippen LogP contribution in [0, 0.1) is 11.3 Å². The summed E-state index contributed by atoms with van der Waals surface area (Å²) >= 11 is 0. The van der Waals surface area contributed by atoms with Crippen LogP contribution in [0.3, 0.4) is 0 Å². The van der Waals surface area contributed by atoms with Gasteiger partial charge in [0.1, 0.15) is 5.82 Å². The van der Waals surface area contributed by atoms with Gasteiger partial charge in [-0.15, -0.1) is 0 Å². The van der Waals surface area contributed by atoms with Crippen molar-refractivity contribution in [1.29, 1.82) is 0 Å². The van der Waals surface area contributed by atoms with Crippen LogP contribution in [0.2, 0.25) is 0 Å². The summed E-state index contributed by atoms with van der Waals surface area (Å²) in [5.74, 6) is 2.20. The molecule has 0 amide bonds. The second kappa shape index (κ2) is 3.86. The van der Waals surface area contributed by atoms with E-state index in [0.29, 0.717) is 5.41 Å². The Hall–Kier alpha value is -0.790. The maximum Gasteiger partial charge on any atom is 0.109 e. The lowest BCUT2D eigenvalue weighted by atomic mass is 9.73. The first-order chi connectivity index (χ1) is 8.05. The molecule has 2 heteroatoms. The molecule has 0 saturated carbocycles. The van der Waals surface area contributed by atoms with Gasteiger partial charge in [0.2, 0.25) is 0 Å². The second-order valence-electron chi connectivity index (χ2n) is 6.84. The number of aromatic nitrogens is 2.